The van der Waals surface area contributed by atoms with E-state index >= 15 is 0 Å². The molecule has 126 valence electrons. The molecule has 7 nitrogen and oxygen atoms in total. The van der Waals surface area contributed by atoms with Crippen molar-refractivity contribution in [2.24, 2.45) is 5.92 Å². The minimum Gasteiger partial charge on any atom is -0.360 e. The lowest BCUT2D eigenvalue weighted by molar-refractivity contribution is -0.134. The van der Waals surface area contributed by atoms with E-state index in [1.165, 1.54) is 4.90 Å². The average Bonchev–Trinajstić information content (AvgIpc) is 3.07. The Balaban J connectivity index is 1.73. The molecule has 3 rings (SSSR count). The van der Waals surface area contributed by atoms with Crippen LogP contribution in [-0.2, 0) is 11.3 Å². The molecule has 0 aliphatic carbocycles. The second-order valence-corrected chi connectivity index (χ2v) is 6.95. The Kier molecular flexibility index (Phi) is 4.14. The van der Waals surface area contributed by atoms with Gasteiger partial charge >= 0.3 is 6.03 Å². The number of aromatic nitrogens is 1. The molecule has 23 heavy (non-hydrogen) atoms. The molecule has 1 aromatic heterocycles. The van der Waals surface area contributed by atoms with Gasteiger partial charge in [0.2, 0.25) is 0 Å². The van der Waals surface area contributed by atoms with Gasteiger partial charge in [0.05, 0.1) is 12.7 Å². The number of carbonyl (C=O) groups is 2. The first kappa shape index (κ1) is 16.0. The minimum absolute atomic E-state index is 0.0966. The molecule has 3 amide bonds. The van der Waals surface area contributed by atoms with Crippen LogP contribution in [0.5, 0.6) is 0 Å². The highest BCUT2D eigenvalue weighted by atomic mass is 16.5. The van der Waals surface area contributed by atoms with Crippen LogP contribution in [0.4, 0.5) is 4.79 Å². The van der Waals surface area contributed by atoms with Gasteiger partial charge in [0.1, 0.15) is 5.54 Å². The molecule has 3 heterocycles. The molecular weight excluding hydrogens is 296 g/mol. The largest absolute Gasteiger partial charge is 0.360 e. The molecule has 0 bridgehead atoms. The van der Waals surface area contributed by atoms with Crippen LogP contribution in [-0.4, -0.2) is 51.6 Å². The Bertz CT molecular complexity index is 586. The third kappa shape index (κ3) is 2.85. The van der Waals surface area contributed by atoms with E-state index in [1.807, 2.05) is 26.8 Å². The summed E-state index contributed by atoms with van der Waals surface area (Å²) in [6.45, 7) is 7.99. The molecule has 1 N–H and O–H groups in total. The maximum atomic E-state index is 12.8. The summed E-state index contributed by atoms with van der Waals surface area (Å²) in [7, 11) is 0. The van der Waals surface area contributed by atoms with Crippen LogP contribution >= 0.6 is 0 Å². The minimum atomic E-state index is -0.818. The average molecular weight is 320 g/mol. The fourth-order valence-electron chi connectivity index (χ4n) is 3.64. The van der Waals surface area contributed by atoms with Gasteiger partial charge in [-0.1, -0.05) is 5.16 Å². The van der Waals surface area contributed by atoms with Crippen LogP contribution in [0.1, 0.15) is 39.4 Å². The molecular formula is C16H24N4O3. The summed E-state index contributed by atoms with van der Waals surface area (Å²) < 4.78 is 5.17. The van der Waals surface area contributed by atoms with E-state index in [-0.39, 0.29) is 23.9 Å². The molecule has 2 fully saturated rings. The molecule has 2 aliphatic rings. The standard InChI is InChI=1S/C16H24N4O3/c1-11(2)20-14(21)16(3,18-15(20)22)12-5-4-8-19(9-12)10-13-6-7-17-23-13/h6-7,11-12H,4-5,8-10H2,1-3H3,(H,18,22)/t12-,16-/m1/s1. The van der Waals surface area contributed by atoms with E-state index in [4.69, 9.17) is 4.52 Å². The maximum absolute atomic E-state index is 12.8. The van der Waals surface area contributed by atoms with Gasteiger partial charge in [-0.25, -0.2) is 4.79 Å². The molecule has 2 saturated heterocycles. The van der Waals surface area contributed by atoms with Crippen molar-refractivity contribution in [2.45, 2.75) is 51.7 Å². The highest BCUT2D eigenvalue weighted by Crippen LogP contribution is 2.33. The van der Waals surface area contributed by atoms with Crippen molar-refractivity contribution in [1.82, 2.24) is 20.3 Å². The highest BCUT2D eigenvalue weighted by molar-refractivity contribution is 6.07. The van der Waals surface area contributed by atoms with Crippen molar-refractivity contribution in [3.8, 4) is 0 Å². The zero-order valence-electron chi connectivity index (χ0n) is 13.9. The number of hydrogen-bond donors (Lipinski definition) is 1. The lowest BCUT2D eigenvalue weighted by Gasteiger charge is -2.39. The van der Waals surface area contributed by atoms with Gasteiger partial charge in [-0.05, 0) is 40.2 Å². The number of piperidine rings is 1. The number of nitrogens with one attached hydrogen (secondary N) is 1. The lowest BCUT2D eigenvalue weighted by atomic mass is 9.80. The molecule has 0 unspecified atom stereocenters. The van der Waals surface area contributed by atoms with Crippen molar-refractivity contribution in [3.05, 3.63) is 18.0 Å². The Morgan fingerprint density at radius 1 is 1.48 bits per heavy atom. The predicted molar refractivity (Wildman–Crippen MR) is 83.4 cm³/mol. The Morgan fingerprint density at radius 3 is 2.87 bits per heavy atom. The van der Waals surface area contributed by atoms with Crippen molar-refractivity contribution in [1.29, 1.82) is 0 Å². The maximum Gasteiger partial charge on any atom is 0.325 e. The molecule has 7 heteroatoms. The van der Waals surface area contributed by atoms with E-state index in [0.29, 0.717) is 6.54 Å². The second-order valence-electron chi connectivity index (χ2n) is 6.95. The first-order valence-electron chi connectivity index (χ1n) is 8.19. The van der Waals surface area contributed by atoms with E-state index < -0.39 is 5.54 Å². The third-order valence-electron chi connectivity index (χ3n) is 4.96. The first-order valence-corrected chi connectivity index (χ1v) is 8.19. The van der Waals surface area contributed by atoms with E-state index in [2.05, 4.69) is 15.4 Å². The zero-order chi connectivity index (χ0) is 16.6. The normalized spacial score (nSPS) is 29.4. The predicted octanol–water partition coefficient (Wildman–Crippen LogP) is 1.61. The van der Waals surface area contributed by atoms with Crippen molar-refractivity contribution < 1.29 is 14.1 Å². The van der Waals surface area contributed by atoms with E-state index in [0.717, 1.165) is 31.7 Å². The van der Waals surface area contributed by atoms with Gasteiger partial charge < -0.3 is 9.84 Å². The van der Waals surface area contributed by atoms with Crippen LogP contribution in [0.2, 0.25) is 0 Å². The second kappa shape index (κ2) is 5.96. The summed E-state index contributed by atoms with van der Waals surface area (Å²) in [6, 6.07) is 1.45. The van der Waals surface area contributed by atoms with Gasteiger partial charge in [0, 0.05) is 24.6 Å². The molecule has 1 aromatic rings. The number of nitrogens with zero attached hydrogens (tertiary/aromatic N) is 3. The quantitative estimate of drug-likeness (QED) is 0.853. The number of carbonyl (C=O) groups excluding carboxylic acids is 2. The highest BCUT2D eigenvalue weighted by Gasteiger charge is 2.53. The van der Waals surface area contributed by atoms with Crippen molar-refractivity contribution >= 4 is 11.9 Å². The number of hydrogen-bond acceptors (Lipinski definition) is 5. The number of imide groups is 1. The van der Waals surface area contributed by atoms with Crippen molar-refractivity contribution in [3.63, 3.8) is 0 Å². The van der Waals surface area contributed by atoms with E-state index in [1.54, 1.807) is 6.20 Å². The zero-order valence-corrected chi connectivity index (χ0v) is 13.9. The molecule has 2 atom stereocenters. The summed E-state index contributed by atoms with van der Waals surface area (Å²) in [6.07, 6.45) is 3.57. The van der Waals surface area contributed by atoms with Gasteiger partial charge in [0.25, 0.3) is 5.91 Å². The van der Waals surface area contributed by atoms with Crippen LogP contribution in [0.15, 0.2) is 16.8 Å². The summed E-state index contributed by atoms with van der Waals surface area (Å²) in [5, 5.41) is 6.67. The molecule has 2 aliphatic heterocycles. The van der Waals surface area contributed by atoms with Crippen LogP contribution in [0.25, 0.3) is 0 Å². The summed E-state index contributed by atoms with van der Waals surface area (Å²) >= 11 is 0. The smallest absolute Gasteiger partial charge is 0.325 e. The third-order valence-corrected chi connectivity index (χ3v) is 4.96. The SMILES string of the molecule is CC(C)N1C(=O)N[C@](C)([C@@H]2CCCN(Cc3ccno3)C2)C1=O. The van der Waals surface area contributed by atoms with Gasteiger partial charge in [-0.15, -0.1) is 0 Å². The fraction of sp³-hybridized carbons (Fsp3) is 0.688. The Labute approximate surface area is 136 Å². The summed E-state index contributed by atoms with van der Waals surface area (Å²) in [5.74, 6) is 0.810. The molecule has 0 spiro atoms. The number of rotatable bonds is 4. The van der Waals surface area contributed by atoms with Gasteiger partial charge in [-0.3, -0.25) is 14.6 Å². The topological polar surface area (TPSA) is 78.7 Å². The van der Waals surface area contributed by atoms with Gasteiger partial charge in [0.15, 0.2) is 5.76 Å². The van der Waals surface area contributed by atoms with Crippen LogP contribution in [0.3, 0.4) is 0 Å². The summed E-state index contributed by atoms with van der Waals surface area (Å²) in [5.41, 5.74) is -0.818. The molecule has 0 aromatic carbocycles. The first-order chi connectivity index (χ1) is 10.9. The monoisotopic (exact) mass is 320 g/mol. The number of urea groups is 1. The molecule has 0 saturated carbocycles. The summed E-state index contributed by atoms with van der Waals surface area (Å²) in [4.78, 5) is 28.6. The van der Waals surface area contributed by atoms with Crippen LogP contribution < -0.4 is 5.32 Å². The van der Waals surface area contributed by atoms with Gasteiger partial charge in [-0.2, -0.15) is 0 Å². The van der Waals surface area contributed by atoms with Crippen LogP contribution in [0, 0.1) is 5.92 Å². The van der Waals surface area contributed by atoms with E-state index in [9.17, 15) is 9.59 Å². The number of amides is 3. The van der Waals surface area contributed by atoms with Crippen molar-refractivity contribution in [2.75, 3.05) is 13.1 Å². The number of likely N-dealkylation sites (tertiary alicyclic amines) is 1. The fourth-order valence-corrected chi connectivity index (χ4v) is 3.64. The molecule has 0 radical (unpaired) electrons. The lowest BCUT2D eigenvalue weighted by Crippen LogP contribution is -2.55. The Hall–Kier alpha value is -1.89. The Morgan fingerprint density at radius 2 is 2.26 bits per heavy atom.